The largest absolute Gasteiger partial charge is 0.416 e. The first-order valence-electron chi connectivity index (χ1n) is 12.1. The normalized spacial score (nSPS) is 14.3. The van der Waals surface area contributed by atoms with Crippen molar-refractivity contribution in [3.05, 3.63) is 83.4 Å². The third-order valence-electron chi connectivity index (χ3n) is 7.06. The lowest BCUT2D eigenvalue weighted by Crippen LogP contribution is -2.53. The van der Waals surface area contributed by atoms with Crippen molar-refractivity contribution in [2.45, 2.75) is 19.4 Å². The predicted octanol–water partition coefficient (Wildman–Crippen LogP) is 5.40. The summed E-state index contributed by atoms with van der Waals surface area (Å²) < 4.78 is 5.89. The first-order chi connectivity index (χ1) is 16.7. The van der Waals surface area contributed by atoms with E-state index in [1.807, 2.05) is 41.3 Å². The van der Waals surface area contributed by atoms with Gasteiger partial charge in [-0.3, -0.25) is 4.90 Å². The Morgan fingerprint density at radius 3 is 1.63 bits per heavy atom. The van der Waals surface area contributed by atoms with Crippen LogP contribution in [0.1, 0.15) is 30.5 Å². The molecule has 0 saturated carbocycles. The topological polar surface area (TPSA) is 39.3 Å². The van der Waals surface area contributed by atoms with E-state index in [-0.39, 0.29) is 6.09 Å². The van der Waals surface area contributed by atoms with Crippen molar-refractivity contribution in [3.8, 4) is 5.75 Å². The van der Waals surface area contributed by atoms with Crippen LogP contribution < -0.4 is 19.4 Å². The molecule has 1 aliphatic heterocycles. The van der Waals surface area contributed by atoms with Gasteiger partial charge in [0.15, 0.2) is 0 Å². The number of rotatable bonds is 7. The lowest BCUT2D eigenvalue weighted by atomic mass is 9.74. The van der Waals surface area contributed by atoms with Gasteiger partial charge in [0.1, 0.15) is 11.3 Å². The van der Waals surface area contributed by atoms with E-state index in [1.54, 1.807) is 4.90 Å². The van der Waals surface area contributed by atoms with Crippen LogP contribution in [0.3, 0.4) is 0 Å². The van der Waals surface area contributed by atoms with Crippen LogP contribution >= 0.6 is 0 Å². The van der Waals surface area contributed by atoms with E-state index in [2.05, 4.69) is 89.2 Å². The third-order valence-corrected chi connectivity index (χ3v) is 7.06. The van der Waals surface area contributed by atoms with Crippen LogP contribution in [0.4, 0.5) is 21.9 Å². The summed E-state index contributed by atoms with van der Waals surface area (Å²) in [6, 6.07) is 23.1. The minimum absolute atomic E-state index is 0.373. The second-order valence-electron chi connectivity index (χ2n) is 9.37. The molecule has 4 rings (SSSR count). The number of nitrogens with zero attached hydrogens (tertiary/aromatic N) is 4. The third kappa shape index (κ3) is 4.07. The number of carbonyl (C=O) groups excluding carboxylic acids is 1. The standard InChI is InChI=1S/C29H36N4O2/c1-8-33(9-2)25-18-19-26-27(20-25)35-28(34)32(7)29(26,21-10-14-23(15-11-21)30(3)4)22-12-16-24(17-13-22)31(5)6/h10-20H,8-9H2,1-7H3. The molecule has 3 aromatic carbocycles. The Balaban J connectivity index is 2.00. The fraction of sp³-hybridized carbons (Fsp3) is 0.345. The molecule has 0 spiro atoms. The lowest BCUT2D eigenvalue weighted by Gasteiger charge is -2.46. The molecule has 1 aliphatic rings. The average Bonchev–Trinajstić information content (AvgIpc) is 2.86. The van der Waals surface area contributed by atoms with Crippen molar-refractivity contribution >= 4 is 23.2 Å². The Hall–Kier alpha value is -3.67. The van der Waals surface area contributed by atoms with Gasteiger partial charge in [-0.05, 0) is 55.3 Å². The fourth-order valence-corrected chi connectivity index (χ4v) is 5.03. The molecule has 1 amide bonds. The van der Waals surface area contributed by atoms with Crippen LogP contribution in [0.5, 0.6) is 5.75 Å². The highest BCUT2D eigenvalue weighted by atomic mass is 16.6. The fourth-order valence-electron chi connectivity index (χ4n) is 5.03. The van der Waals surface area contributed by atoms with Gasteiger partial charge in [0, 0.05) is 77.0 Å². The summed E-state index contributed by atoms with van der Waals surface area (Å²) in [5, 5.41) is 0. The summed E-state index contributed by atoms with van der Waals surface area (Å²) in [6.45, 7) is 6.02. The molecule has 3 aromatic rings. The number of ether oxygens (including phenoxy) is 1. The maximum absolute atomic E-state index is 13.4. The Morgan fingerprint density at radius 1 is 0.743 bits per heavy atom. The Bertz CT molecular complexity index is 1130. The second-order valence-corrected chi connectivity index (χ2v) is 9.37. The molecule has 0 fully saturated rings. The van der Waals surface area contributed by atoms with Crippen molar-refractivity contribution in [1.82, 2.24) is 4.90 Å². The number of hydrogen-bond donors (Lipinski definition) is 0. The Kier molecular flexibility index (Phi) is 6.66. The van der Waals surface area contributed by atoms with Crippen LogP contribution in [-0.2, 0) is 5.54 Å². The molecule has 0 N–H and O–H groups in total. The minimum atomic E-state index is -0.831. The molecule has 0 aliphatic carbocycles. The summed E-state index contributed by atoms with van der Waals surface area (Å²) in [5.74, 6) is 0.603. The molecular formula is C29H36N4O2. The van der Waals surface area contributed by atoms with Crippen molar-refractivity contribution < 1.29 is 9.53 Å². The predicted molar refractivity (Wildman–Crippen MR) is 145 cm³/mol. The van der Waals surface area contributed by atoms with Gasteiger partial charge in [-0.25, -0.2) is 4.79 Å². The first kappa shape index (κ1) is 24.5. The van der Waals surface area contributed by atoms with Crippen LogP contribution in [0.25, 0.3) is 0 Å². The molecule has 35 heavy (non-hydrogen) atoms. The summed E-state index contributed by atoms with van der Waals surface area (Å²) in [5.41, 5.74) is 5.39. The summed E-state index contributed by atoms with van der Waals surface area (Å²) in [7, 11) is 9.93. The van der Waals surface area contributed by atoms with E-state index in [0.717, 1.165) is 46.8 Å². The van der Waals surface area contributed by atoms with E-state index in [1.165, 1.54) is 0 Å². The zero-order valence-electron chi connectivity index (χ0n) is 21.9. The number of anilines is 3. The zero-order chi connectivity index (χ0) is 25.3. The van der Waals surface area contributed by atoms with Crippen molar-refractivity contribution in [1.29, 1.82) is 0 Å². The molecule has 0 saturated heterocycles. The van der Waals surface area contributed by atoms with E-state index < -0.39 is 5.54 Å². The Labute approximate surface area is 209 Å². The van der Waals surface area contributed by atoms with Gasteiger partial charge in [0.2, 0.25) is 0 Å². The van der Waals surface area contributed by atoms with E-state index in [0.29, 0.717) is 5.75 Å². The Morgan fingerprint density at radius 2 is 1.20 bits per heavy atom. The van der Waals surface area contributed by atoms with Crippen molar-refractivity contribution in [3.63, 3.8) is 0 Å². The van der Waals surface area contributed by atoms with Gasteiger partial charge < -0.3 is 19.4 Å². The number of carbonyl (C=O) groups is 1. The molecule has 6 nitrogen and oxygen atoms in total. The summed E-state index contributed by atoms with van der Waals surface area (Å²) in [4.78, 5) is 21.5. The van der Waals surface area contributed by atoms with Gasteiger partial charge in [-0.1, -0.05) is 30.3 Å². The molecular weight excluding hydrogens is 436 g/mol. The van der Waals surface area contributed by atoms with E-state index in [4.69, 9.17) is 4.74 Å². The van der Waals surface area contributed by atoms with Gasteiger partial charge in [-0.2, -0.15) is 0 Å². The molecule has 184 valence electrons. The SMILES string of the molecule is CCN(CC)c1ccc2c(c1)OC(=O)N(C)C2(c1ccc(N(C)C)cc1)c1ccc(N(C)C)cc1. The van der Waals surface area contributed by atoms with Crippen molar-refractivity contribution in [2.24, 2.45) is 0 Å². The highest BCUT2D eigenvalue weighted by Crippen LogP contribution is 2.49. The molecule has 6 heteroatoms. The second kappa shape index (κ2) is 9.53. The van der Waals surface area contributed by atoms with Crippen LogP contribution in [0, 0.1) is 0 Å². The maximum Gasteiger partial charge on any atom is 0.416 e. The molecule has 0 aromatic heterocycles. The number of amides is 1. The van der Waals surface area contributed by atoms with Gasteiger partial charge >= 0.3 is 6.09 Å². The quantitative estimate of drug-likeness (QED) is 0.460. The first-order valence-corrected chi connectivity index (χ1v) is 12.1. The van der Waals surface area contributed by atoms with Gasteiger partial charge in [0.25, 0.3) is 0 Å². The van der Waals surface area contributed by atoms with Crippen molar-refractivity contribution in [2.75, 3.05) is 63.0 Å². The molecule has 1 heterocycles. The average molecular weight is 473 g/mol. The summed E-state index contributed by atoms with van der Waals surface area (Å²) in [6.07, 6.45) is -0.373. The lowest BCUT2D eigenvalue weighted by molar-refractivity contribution is 0.115. The number of hydrogen-bond acceptors (Lipinski definition) is 5. The van der Waals surface area contributed by atoms with E-state index in [9.17, 15) is 4.79 Å². The van der Waals surface area contributed by atoms with E-state index >= 15 is 0 Å². The molecule has 0 unspecified atom stereocenters. The molecule has 0 atom stereocenters. The maximum atomic E-state index is 13.4. The summed E-state index contributed by atoms with van der Waals surface area (Å²) >= 11 is 0. The highest BCUT2D eigenvalue weighted by molar-refractivity contribution is 5.80. The molecule has 0 radical (unpaired) electrons. The molecule has 0 bridgehead atoms. The van der Waals surface area contributed by atoms with Crippen LogP contribution in [-0.4, -0.2) is 59.3 Å². The zero-order valence-corrected chi connectivity index (χ0v) is 21.9. The highest BCUT2D eigenvalue weighted by Gasteiger charge is 2.49. The van der Waals surface area contributed by atoms with Gasteiger partial charge in [-0.15, -0.1) is 0 Å². The number of benzene rings is 3. The minimum Gasteiger partial charge on any atom is -0.410 e. The van der Waals surface area contributed by atoms with Crippen LogP contribution in [0.2, 0.25) is 0 Å². The smallest absolute Gasteiger partial charge is 0.410 e. The number of fused-ring (bicyclic) bond motifs is 1. The van der Waals surface area contributed by atoms with Gasteiger partial charge in [0.05, 0.1) is 0 Å². The van der Waals surface area contributed by atoms with Crippen LogP contribution in [0.15, 0.2) is 66.7 Å². The monoisotopic (exact) mass is 472 g/mol.